The molecule has 0 unspecified atom stereocenters. The second kappa shape index (κ2) is 6.37. The summed E-state index contributed by atoms with van der Waals surface area (Å²) in [5.41, 5.74) is 0.289. The van der Waals surface area contributed by atoms with E-state index in [2.05, 4.69) is 10.2 Å². The molecular formula is C13H18N6O3. The molecule has 2 aromatic rings. The number of carbonyl (C=O) groups excluding carboxylic acids is 1. The topological polar surface area (TPSA) is 99.1 Å². The third kappa shape index (κ3) is 3.13. The molecule has 2 rings (SSSR count). The third-order valence-corrected chi connectivity index (χ3v) is 3.23. The number of hydrogen-bond donors (Lipinski definition) is 0. The summed E-state index contributed by atoms with van der Waals surface area (Å²) in [4.78, 5) is 24.2. The van der Waals surface area contributed by atoms with Gasteiger partial charge < -0.3 is 4.90 Å². The lowest BCUT2D eigenvalue weighted by molar-refractivity contribution is -0.385. The Labute approximate surface area is 127 Å². The van der Waals surface area contributed by atoms with Gasteiger partial charge in [0.05, 0.1) is 17.2 Å². The Balaban J connectivity index is 2.19. The Kier molecular flexibility index (Phi) is 4.54. The molecule has 0 saturated carbocycles. The first-order valence-corrected chi connectivity index (χ1v) is 6.95. The van der Waals surface area contributed by atoms with Crippen molar-refractivity contribution in [1.82, 2.24) is 24.5 Å². The Morgan fingerprint density at radius 1 is 1.32 bits per heavy atom. The summed E-state index contributed by atoms with van der Waals surface area (Å²) in [5.74, 6) is -0.495. The fourth-order valence-corrected chi connectivity index (χ4v) is 2.02. The largest absolute Gasteiger partial charge is 0.334 e. The van der Waals surface area contributed by atoms with Gasteiger partial charge in [0, 0.05) is 26.3 Å². The maximum atomic E-state index is 12.4. The highest BCUT2D eigenvalue weighted by atomic mass is 16.6. The Bertz CT molecular complexity index is 690. The van der Waals surface area contributed by atoms with Gasteiger partial charge in [0.25, 0.3) is 5.91 Å². The summed E-state index contributed by atoms with van der Waals surface area (Å²) in [6, 6.07) is 1.81. The molecule has 0 aliphatic rings. The molecule has 2 aromatic heterocycles. The van der Waals surface area contributed by atoms with Gasteiger partial charge in [-0.3, -0.25) is 24.3 Å². The van der Waals surface area contributed by atoms with Crippen molar-refractivity contribution in [2.75, 3.05) is 7.05 Å². The molecule has 0 spiro atoms. The van der Waals surface area contributed by atoms with Gasteiger partial charge >= 0.3 is 5.69 Å². The first-order valence-electron chi connectivity index (χ1n) is 6.95. The lowest BCUT2D eigenvalue weighted by Gasteiger charge is -2.13. The van der Waals surface area contributed by atoms with Crippen LogP contribution in [0, 0.1) is 10.1 Å². The molecule has 9 nitrogen and oxygen atoms in total. The molecule has 2 heterocycles. The molecule has 0 aromatic carbocycles. The molecule has 1 amide bonds. The lowest BCUT2D eigenvalue weighted by atomic mass is 10.3. The van der Waals surface area contributed by atoms with Crippen LogP contribution >= 0.6 is 0 Å². The molecule has 0 bridgehead atoms. The van der Waals surface area contributed by atoms with E-state index in [-0.39, 0.29) is 17.9 Å². The molecule has 0 N–H and O–H groups in total. The SMILES string of the molecule is CCn1ccc(CN(C)C(=O)c2nn(CC)cc2[N+](=O)[O-])n1. The minimum Gasteiger partial charge on any atom is -0.334 e. The fraction of sp³-hybridized carbons (Fsp3) is 0.462. The van der Waals surface area contributed by atoms with Gasteiger partial charge in [-0.2, -0.15) is 10.2 Å². The van der Waals surface area contributed by atoms with Crippen molar-refractivity contribution in [1.29, 1.82) is 0 Å². The summed E-state index contributed by atoms with van der Waals surface area (Å²) >= 11 is 0. The van der Waals surface area contributed by atoms with E-state index in [0.29, 0.717) is 6.54 Å². The van der Waals surface area contributed by atoms with Gasteiger partial charge in [-0.1, -0.05) is 0 Å². The molecular weight excluding hydrogens is 288 g/mol. The number of rotatable bonds is 6. The summed E-state index contributed by atoms with van der Waals surface area (Å²) in [6.45, 7) is 5.23. The maximum absolute atomic E-state index is 12.4. The second-order valence-corrected chi connectivity index (χ2v) is 4.80. The summed E-state index contributed by atoms with van der Waals surface area (Å²) in [7, 11) is 1.57. The molecule has 0 fully saturated rings. The quantitative estimate of drug-likeness (QED) is 0.591. The van der Waals surface area contributed by atoms with Crippen molar-refractivity contribution in [2.24, 2.45) is 0 Å². The minimum atomic E-state index is -0.591. The van der Waals surface area contributed by atoms with Crippen LogP contribution in [0.15, 0.2) is 18.5 Å². The van der Waals surface area contributed by atoms with Crippen molar-refractivity contribution in [3.05, 3.63) is 40.0 Å². The van der Waals surface area contributed by atoms with Crippen molar-refractivity contribution in [3.63, 3.8) is 0 Å². The smallest absolute Gasteiger partial charge is 0.320 e. The van der Waals surface area contributed by atoms with Crippen LogP contribution in [0.3, 0.4) is 0 Å². The molecule has 0 aliphatic carbocycles. The maximum Gasteiger partial charge on any atom is 0.320 e. The Morgan fingerprint density at radius 3 is 2.55 bits per heavy atom. The molecule has 118 valence electrons. The highest BCUT2D eigenvalue weighted by Gasteiger charge is 2.28. The molecule has 0 atom stereocenters. The predicted molar refractivity (Wildman–Crippen MR) is 78.3 cm³/mol. The van der Waals surface area contributed by atoms with Gasteiger partial charge in [-0.05, 0) is 19.9 Å². The van der Waals surface area contributed by atoms with E-state index in [0.717, 1.165) is 12.2 Å². The zero-order chi connectivity index (χ0) is 16.3. The number of nitro groups is 1. The molecule has 0 aliphatic heterocycles. The van der Waals surface area contributed by atoms with Gasteiger partial charge in [-0.25, -0.2) is 0 Å². The Hall–Kier alpha value is -2.71. The van der Waals surface area contributed by atoms with Gasteiger partial charge in [0.15, 0.2) is 0 Å². The molecule has 9 heteroatoms. The van der Waals surface area contributed by atoms with Gasteiger partial charge in [-0.15, -0.1) is 0 Å². The van der Waals surface area contributed by atoms with Gasteiger partial charge in [0.2, 0.25) is 5.69 Å². The van der Waals surface area contributed by atoms with Crippen molar-refractivity contribution in [3.8, 4) is 0 Å². The fourth-order valence-electron chi connectivity index (χ4n) is 2.02. The molecule has 0 saturated heterocycles. The van der Waals surface area contributed by atoms with E-state index in [1.807, 2.05) is 19.2 Å². The van der Waals surface area contributed by atoms with Crippen LogP contribution < -0.4 is 0 Å². The third-order valence-electron chi connectivity index (χ3n) is 3.23. The van der Waals surface area contributed by atoms with E-state index >= 15 is 0 Å². The number of nitrogens with zero attached hydrogens (tertiary/aromatic N) is 6. The average molecular weight is 306 g/mol. The van der Waals surface area contributed by atoms with Crippen molar-refractivity contribution in [2.45, 2.75) is 33.5 Å². The summed E-state index contributed by atoms with van der Waals surface area (Å²) < 4.78 is 3.13. The Morgan fingerprint density at radius 2 is 2.00 bits per heavy atom. The highest BCUT2D eigenvalue weighted by Crippen LogP contribution is 2.19. The zero-order valence-corrected chi connectivity index (χ0v) is 12.8. The van der Waals surface area contributed by atoms with Gasteiger partial charge in [0.1, 0.15) is 6.20 Å². The standard InChI is InChI=1S/C13H18N6O3/c1-4-17-7-6-10(14-17)8-16(3)13(20)12-11(19(21)22)9-18(5-2)15-12/h6-7,9H,4-5,8H2,1-3H3. The van der Waals surface area contributed by atoms with Crippen molar-refractivity contribution < 1.29 is 9.72 Å². The first kappa shape index (κ1) is 15.7. The summed E-state index contributed by atoms with van der Waals surface area (Å²) in [6.07, 6.45) is 3.09. The zero-order valence-electron chi connectivity index (χ0n) is 12.8. The first-order chi connectivity index (χ1) is 10.5. The minimum absolute atomic E-state index is 0.149. The average Bonchev–Trinajstić information content (AvgIpc) is 3.12. The normalized spacial score (nSPS) is 10.7. The predicted octanol–water partition coefficient (Wildman–Crippen LogP) is 1.30. The van der Waals surface area contributed by atoms with Crippen LogP contribution in [0.25, 0.3) is 0 Å². The lowest BCUT2D eigenvalue weighted by Crippen LogP contribution is -2.27. The summed E-state index contributed by atoms with van der Waals surface area (Å²) in [5, 5.41) is 19.3. The van der Waals surface area contributed by atoms with Crippen LogP contribution in [0.1, 0.15) is 30.0 Å². The van der Waals surface area contributed by atoms with Crippen molar-refractivity contribution >= 4 is 11.6 Å². The second-order valence-electron chi connectivity index (χ2n) is 4.80. The number of hydrogen-bond acceptors (Lipinski definition) is 5. The molecule has 22 heavy (non-hydrogen) atoms. The van der Waals surface area contributed by atoms with Crippen LogP contribution in [0.5, 0.6) is 0 Å². The van der Waals surface area contributed by atoms with E-state index < -0.39 is 10.8 Å². The highest BCUT2D eigenvalue weighted by molar-refractivity contribution is 5.95. The van der Waals surface area contributed by atoms with Crippen LogP contribution in [-0.2, 0) is 19.6 Å². The van der Waals surface area contributed by atoms with E-state index in [9.17, 15) is 14.9 Å². The van der Waals surface area contributed by atoms with Crippen LogP contribution in [0.4, 0.5) is 5.69 Å². The van der Waals surface area contributed by atoms with Crippen LogP contribution in [0.2, 0.25) is 0 Å². The van der Waals surface area contributed by atoms with Crippen LogP contribution in [-0.4, -0.2) is 42.3 Å². The van der Waals surface area contributed by atoms with E-state index in [1.165, 1.54) is 15.8 Å². The molecule has 0 radical (unpaired) electrons. The number of aromatic nitrogens is 4. The monoisotopic (exact) mass is 306 g/mol. The number of carbonyl (C=O) groups is 1. The number of amides is 1. The number of aryl methyl sites for hydroxylation is 2. The van der Waals surface area contributed by atoms with E-state index in [4.69, 9.17) is 0 Å². The van der Waals surface area contributed by atoms with E-state index in [1.54, 1.807) is 18.7 Å².